The van der Waals surface area contributed by atoms with Gasteiger partial charge in [0.05, 0.1) is 7.11 Å². The van der Waals surface area contributed by atoms with Crippen LogP contribution in [-0.2, 0) is 14.6 Å². The van der Waals surface area contributed by atoms with Crippen molar-refractivity contribution in [3.8, 4) is 0 Å². The van der Waals surface area contributed by atoms with E-state index in [4.69, 9.17) is 4.55 Å². The van der Waals surface area contributed by atoms with Crippen molar-refractivity contribution in [2.75, 3.05) is 7.11 Å². The SMILES string of the molecule is COS(=O)(=O)O.I.c1ccncc1. The summed E-state index contributed by atoms with van der Waals surface area (Å²) in [6, 6.07) is 5.72. The maximum Gasteiger partial charge on any atom is 0.397 e. The van der Waals surface area contributed by atoms with E-state index in [0.29, 0.717) is 0 Å². The minimum Gasteiger partial charge on any atom is -0.265 e. The van der Waals surface area contributed by atoms with E-state index in [9.17, 15) is 8.42 Å². The van der Waals surface area contributed by atoms with Crippen molar-refractivity contribution in [2.45, 2.75) is 0 Å². The molecule has 1 rings (SSSR count). The predicted octanol–water partition coefficient (Wildman–Crippen LogP) is 1.14. The summed E-state index contributed by atoms with van der Waals surface area (Å²) < 4.78 is 29.7. The second-order valence-corrected chi connectivity index (χ2v) is 2.81. The Hall–Kier alpha value is -0.250. The lowest BCUT2D eigenvalue weighted by molar-refractivity contribution is 0.324. The maximum absolute atomic E-state index is 9.33. The van der Waals surface area contributed by atoms with Crippen LogP contribution in [0, 0.1) is 0 Å². The van der Waals surface area contributed by atoms with E-state index >= 15 is 0 Å². The molecule has 0 spiro atoms. The molecule has 7 heteroatoms. The normalized spacial score (nSPS) is 9.08. The third-order valence-electron chi connectivity index (χ3n) is 0.777. The molecule has 0 atom stereocenters. The van der Waals surface area contributed by atoms with Gasteiger partial charge in [-0.1, -0.05) is 6.07 Å². The highest BCUT2D eigenvalue weighted by molar-refractivity contribution is 14.0. The van der Waals surface area contributed by atoms with Crippen molar-refractivity contribution < 1.29 is 17.2 Å². The van der Waals surface area contributed by atoms with Crippen molar-refractivity contribution >= 4 is 34.4 Å². The van der Waals surface area contributed by atoms with Gasteiger partial charge in [0, 0.05) is 12.4 Å². The molecular weight excluding hydrogens is 309 g/mol. The Morgan fingerprint density at radius 2 is 1.62 bits per heavy atom. The van der Waals surface area contributed by atoms with Gasteiger partial charge in [-0.2, -0.15) is 8.42 Å². The highest BCUT2D eigenvalue weighted by Crippen LogP contribution is 1.75. The minimum absolute atomic E-state index is 0. The van der Waals surface area contributed by atoms with E-state index in [2.05, 4.69) is 9.17 Å². The number of hydrogen-bond acceptors (Lipinski definition) is 4. The lowest BCUT2D eigenvalue weighted by atomic mass is 10.5. The van der Waals surface area contributed by atoms with Gasteiger partial charge in [-0.05, 0) is 12.1 Å². The molecule has 0 aromatic carbocycles. The first-order valence-corrected chi connectivity index (χ1v) is 4.31. The zero-order valence-corrected chi connectivity index (χ0v) is 9.97. The van der Waals surface area contributed by atoms with Gasteiger partial charge in [0.25, 0.3) is 0 Å². The highest BCUT2D eigenvalue weighted by Gasteiger charge is 1.93. The molecule has 0 aliphatic rings. The van der Waals surface area contributed by atoms with E-state index in [-0.39, 0.29) is 24.0 Å². The lowest BCUT2D eigenvalue weighted by Crippen LogP contribution is -1.96. The molecule has 1 N–H and O–H groups in total. The maximum atomic E-state index is 9.33. The van der Waals surface area contributed by atoms with Crippen molar-refractivity contribution in [3.63, 3.8) is 0 Å². The molecule has 0 aliphatic heterocycles. The van der Waals surface area contributed by atoms with Crippen molar-refractivity contribution in [1.82, 2.24) is 4.98 Å². The van der Waals surface area contributed by atoms with Crippen LogP contribution in [0.2, 0.25) is 0 Å². The molecule has 76 valence electrons. The van der Waals surface area contributed by atoms with Gasteiger partial charge in [0.1, 0.15) is 0 Å². The third kappa shape index (κ3) is 14.6. The molecule has 1 aromatic heterocycles. The monoisotopic (exact) mass is 319 g/mol. The fourth-order valence-electron chi connectivity index (χ4n) is 0.313. The van der Waals surface area contributed by atoms with Gasteiger partial charge in [-0.3, -0.25) is 13.7 Å². The van der Waals surface area contributed by atoms with Crippen LogP contribution < -0.4 is 0 Å². The number of halogens is 1. The summed E-state index contributed by atoms with van der Waals surface area (Å²) in [5, 5.41) is 0. The van der Waals surface area contributed by atoms with E-state index in [1.54, 1.807) is 12.4 Å². The summed E-state index contributed by atoms with van der Waals surface area (Å²) >= 11 is 0. The van der Waals surface area contributed by atoms with Crippen LogP contribution in [0.3, 0.4) is 0 Å². The second kappa shape index (κ2) is 8.35. The Bertz CT molecular complexity index is 262. The Morgan fingerprint density at radius 1 is 1.23 bits per heavy atom. The van der Waals surface area contributed by atoms with Gasteiger partial charge in [-0.25, -0.2) is 0 Å². The highest BCUT2D eigenvalue weighted by atomic mass is 127. The summed E-state index contributed by atoms with van der Waals surface area (Å²) in [7, 11) is -3.29. The quantitative estimate of drug-likeness (QED) is 0.620. The van der Waals surface area contributed by atoms with Gasteiger partial charge in [-0.15, -0.1) is 24.0 Å². The second-order valence-electron chi connectivity index (χ2n) is 1.62. The van der Waals surface area contributed by atoms with Crippen LogP contribution in [0.1, 0.15) is 0 Å². The fourth-order valence-corrected chi connectivity index (χ4v) is 0.313. The molecule has 0 aliphatic carbocycles. The van der Waals surface area contributed by atoms with Crippen molar-refractivity contribution in [2.24, 2.45) is 0 Å². The van der Waals surface area contributed by atoms with E-state index < -0.39 is 10.4 Å². The number of aromatic nitrogens is 1. The van der Waals surface area contributed by atoms with Crippen LogP contribution in [0.4, 0.5) is 0 Å². The topological polar surface area (TPSA) is 76.5 Å². The number of pyridine rings is 1. The minimum atomic E-state index is -4.16. The largest absolute Gasteiger partial charge is 0.397 e. The summed E-state index contributed by atoms with van der Waals surface area (Å²) in [6.07, 6.45) is 3.50. The van der Waals surface area contributed by atoms with Gasteiger partial charge >= 0.3 is 10.4 Å². The first-order chi connectivity index (χ1) is 5.56. The number of rotatable bonds is 1. The smallest absolute Gasteiger partial charge is 0.265 e. The van der Waals surface area contributed by atoms with E-state index in [0.717, 1.165) is 7.11 Å². The Morgan fingerprint density at radius 3 is 1.69 bits per heavy atom. The summed E-state index contributed by atoms with van der Waals surface area (Å²) in [5.41, 5.74) is 0. The van der Waals surface area contributed by atoms with Gasteiger partial charge in [0.15, 0.2) is 0 Å². The Balaban J connectivity index is 0. The van der Waals surface area contributed by atoms with Crippen molar-refractivity contribution in [3.05, 3.63) is 30.6 Å². The fraction of sp³-hybridized carbons (Fsp3) is 0.167. The lowest BCUT2D eigenvalue weighted by Gasteiger charge is -1.82. The van der Waals surface area contributed by atoms with Gasteiger partial charge < -0.3 is 0 Å². The summed E-state index contributed by atoms with van der Waals surface area (Å²) in [6.45, 7) is 0. The zero-order valence-electron chi connectivity index (χ0n) is 6.82. The summed E-state index contributed by atoms with van der Waals surface area (Å²) in [5.74, 6) is 0. The average molecular weight is 319 g/mol. The van der Waals surface area contributed by atoms with Crippen LogP contribution in [0.25, 0.3) is 0 Å². The Labute approximate surface area is 94.1 Å². The van der Waals surface area contributed by atoms with E-state index in [1.165, 1.54) is 0 Å². The van der Waals surface area contributed by atoms with Crippen LogP contribution in [0.5, 0.6) is 0 Å². The molecule has 0 bridgehead atoms. The number of nitrogens with zero attached hydrogens (tertiary/aromatic N) is 1. The molecule has 1 heterocycles. The molecule has 13 heavy (non-hydrogen) atoms. The third-order valence-corrected chi connectivity index (χ3v) is 1.20. The molecule has 5 nitrogen and oxygen atoms in total. The van der Waals surface area contributed by atoms with Crippen LogP contribution in [0.15, 0.2) is 30.6 Å². The Kier molecular flexibility index (Phi) is 9.79. The first-order valence-electron chi connectivity index (χ1n) is 2.94. The van der Waals surface area contributed by atoms with Gasteiger partial charge in [0.2, 0.25) is 0 Å². The first kappa shape index (κ1) is 15.2. The summed E-state index contributed by atoms with van der Waals surface area (Å²) in [4.78, 5) is 3.78. The predicted molar refractivity (Wildman–Crippen MR) is 58.2 cm³/mol. The van der Waals surface area contributed by atoms with E-state index in [1.807, 2.05) is 18.2 Å². The molecule has 0 fully saturated rings. The molecular formula is C6H10INO4S. The molecule has 0 amide bonds. The standard InChI is InChI=1S/C5H5N.CH4O4S.HI/c1-2-4-6-5-3-1;1-5-6(2,3)4;/h1-5H;1H3,(H,2,3,4);1H. The molecule has 0 saturated carbocycles. The molecule has 1 aromatic rings. The molecule has 0 radical (unpaired) electrons. The zero-order chi connectivity index (χ0) is 9.45. The van der Waals surface area contributed by atoms with Crippen LogP contribution >= 0.6 is 24.0 Å². The molecule has 0 saturated heterocycles. The van der Waals surface area contributed by atoms with Crippen molar-refractivity contribution in [1.29, 1.82) is 0 Å². The number of hydrogen-bond donors (Lipinski definition) is 1. The molecule has 0 unspecified atom stereocenters. The van der Waals surface area contributed by atoms with Crippen LogP contribution in [-0.4, -0.2) is 25.1 Å². The average Bonchev–Trinajstić information content (AvgIpc) is 2.07.